The first-order valence-corrected chi connectivity index (χ1v) is 9.38. The molecular formula is C21H20ClFN2O2. The Labute approximate surface area is 161 Å². The first-order chi connectivity index (χ1) is 13.1. The SMILES string of the molecule is O=C(C[C@H](c1ccccc1F)c1c[nH]c2ccc(Cl)cc12)N1CCOCC1. The van der Waals surface area contributed by atoms with E-state index in [1.165, 1.54) is 6.07 Å². The van der Waals surface area contributed by atoms with E-state index >= 15 is 0 Å². The predicted molar refractivity (Wildman–Crippen MR) is 104 cm³/mol. The number of nitrogens with zero attached hydrogens (tertiary/aromatic N) is 1. The zero-order valence-electron chi connectivity index (χ0n) is 14.8. The number of nitrogens with one attached hydrogen (secondary N) is 1. The lowest BCUT2D eigenvalue weighted by atomic mass is 9.87. The molecule has 27 heavy (non-hydrogen) atoms. The van der Waals surface area contributed by atoms with Crippen LogP contribution in [-0.4, -0.2) is 42.1 Å². The largest absolute Gasteiger partial charge is 0.378 e. The van der Waals surface area contributed by atoms with Gasteiger partial charge in [-0.15, -0.1) is 0 Å². The van der Waals surface area contributed by atoms with Gasteiger partial charge < -0.3 is 14.6 Å². The van der Waals surface area contributed by atoms with E-state index in [0.29, 0.717) is 36.9 Å². The van der Waals surface area contributed by atoms with Crippen molar-refractivity contribution in [3.63, 3.8) is 0 Å². The van der Waals surface area contributed by atoms with Gasteiger partial charge in [0.2, 0.25) is 5.91 Å². The summed E-state index contributed by atoms with van der Waals surface area (Å²) in [6.07, 6.45) is 2.05. The summed E-state index contributed by atoms with van der Waals surface area (Å²) >= 11 is 6.18. The minimum absolute atomic E-state index is 0.00271. The van der Waals surface area contributed by atoms with Crippen LogP contribution < -0.4 is 0 Å². The number of aromatic nitrogens is 1. The van der Waals surface area contributed by atoms with Crippen LogP contribution in [0.1, 0.15) is 23.5 Å². The number of fused-ring (bicyclic) bond motifs is 1. The van der Waals surface area contributed by atoms with E-state index < -0.39 is 5.92 Å². The monoisotopic (exact) mass is 386 g/mol. The molecule has 140 valence electrons. The number of hydrogen-bond donors (Lipinski definition) is 1. The first kappa shape index (κ1) is 18.0. The highest BCUT2D eigenvalue weighted by Gasteiger charge is 2.27. The third kappa shape index (κ3) is 3.70. The fraction of sp³-hybridized carbons (Fsp3) is 0.286. The van der Waals surface area contributed by atoms with Crippen molar-refractivity contribution in [3.8, 4) is 0 Å². The predicted octanol–water partition coefficient (Wildman–Crippen LogP) is 4.34. The van der Waals surface area contributed by atoms with Gasteiger partial charge in [0.1, 0.15) is 5.82 Å². The second-order valence-electron chi connectivity index (χ2n) is 6.71. The number of carbonyl (C=O) groups excluding carboxylic acids is 1. The number of morpholine rings is 1. The second-order valence-corrected chi connectivity index (χ2v) is 7.14. The van der Waals surface area contributed by atoms with E-state index in [4.69, 9.17) is 16.3 Å². The van der Waals surface area contributed by atoms with Crippen molar-refractivity contribution in [2.45, 2.75) is 12.3 Å². The number of aromatic amines is 1. The van der Waals surface area contributed by atoms with E-state index in [-0.39, 0.29) is 18.1 Å². The van der Waals surface area contributed by atoms with Gasteiger partial charge in [-0.05, 0) is 35.4 Å². The number of benzene rings is 2. The highest BCUT2D eigenvalue weighted by Crippen LogP contribution is 2.36. The Hall–Kier alpha value is -2.37. The fourth-order valence-corrected chi connectivity index (χ4v) is 3.84. The maximum absolute atomic E-state index is 14.6. The number of carbonyl (C=O) groups is 1. The van der Waals surface area contributed by atoms with Crippen molar-refractivity contribution in [3.05, 3.63) is 70.6 Å². The molecule has 1 atom stereocenters. The molecule has 0 aliphatic carbocycles. The van der Waals surface area contributed by atoms with Gasteiger partial charge in [-0.25, -0.2) is 4.39 Å². The highest BCUT2D eigenvalue weighted by atomic mass is 35.5. The zero-order chi connectivity index (χ0) is 18.8. The minimum atomic E-state index is -0.395. The molecule has 1 aromatic heterocycles. The Morgan fingerprint density at radius 2 is 1.96 bits per heavy atom. The molecular weight excluding hydrogens is 367 g/mol. The van der Waals surface area contributed by atoms with Crippen molar-refractivity contribution in [1.82, 2.24) is 9.88 Å². The van der Waals surface area contributed by atoms with Gasteiger partial charge in [0.15, 0.2) is 0 Å². The Bertz CT molecular complexity index is 966. The molecule has 0 radical (unpaired) electrons. The van der Waals surface area contributed by atoms with Gasteiger partial charge in [-0.3, -0.25) is 4.79 Å². The summed E-state index contributed by atoms with van der Waals surface area (Å²) in [6, 6.07) is 12.2. The Balaban J connectivity index is 1.75. The molecule has 4 rings (SSSR count). The van der Waals surface area contributed by atoms with Gasteiger partial charge in [-0.1, -0.05) is 29.8 Å². The summed E-state index contributed by atoms with van der Waals surface area (Å²) in [5.41, 5.74) is 2.30. The van der Waals surface area contributed by atoms with Crippen LogP contribution in [0.2, 0.25) is 5.02 Å². The van der Waals surface area contributed by atoms with Crippen LogP contribution in [0.5, 0.6) is 0 Å². The van der Waals surface area contributed by atoms with Gasteiger partial charge in [0.05, 0.1) is 13.2 Å². The van der Waals surface area contributed by atoms with Crippen LogP contribution in [0, 0.1) is 5.82 Å². The fourth-order valence-electron chi connectivity index (χ4n) is 3.66. The minimum Gasteiger partial charge on any atom is -0.378 e. The van der Waals surface area contributed by atoms with Crippen molar-refractivity contribution in [2.24, 2.45) is 0 Å². The molecule has 2 aromatic carbocycles. The molecule has 0 saturated carbocycles. The molecule has 0 spiro atoms. The summed E-state index contributed by atoms with van der Waals surface area (Å²) in [7, 11) is 0. The van der Waals surface area contributed by atoms with Crippen LogP contribution in [-0.2, 0) is 9.53 Å². The molecule has 1 aliphatic heterocycles. The van der Waals surface area contributed by atoms with Crippen molar-refractivity contribution in [1.29, 1.82) is 0 Å². The van der Waals surface area contributed by atoms with Crippen LogP contribution in [0.25, 0.3) is 10.9 Å². The topological polar surface area (TPSA) is 45.3 Å². The summed E-state index contributed by atoms with van der Waals surface area (Å²) in [4.78, 5) is 17.9. The molecule has 1 saturated heterocycles. The standard InChI is InChI=1S/C21H20ClFN2O2/c22-14-5-6-20-17(11-14)18(13-24-20)16(15-3-1-2-4-19(15)23)12-21(26)25-7-9-27-10-8-25/h1-6,11,13,16,24H,7-10,12H2/t16-/m1/s1. The van der Waals surface area contributed by atoms with Gasteiger partial charge in [0, 0.05) is 47.6 Å². The summed E-state index contributed by atoms with van der Waals surface area (Å²) < 4.78 is 20.0. The first-order valence-electron chi connectivity index (χ1n) is 9.00. The molecule has 2 heterocycles. The molecule has 1 amide bonds. The van der Waals surface area contributed by atoms with E-state index in [9.17, 15) is 9.18 Å². The Kier molecular flexibility index (Phi) is 5.14. The quantitative estimate of drug-likeness (QED) is 0.724. The maximum Gasteiger partial charge on any atom is 0.223 e. The lowest BCUT2D eigenvalue weighted by Crippen LogP contribution is -2.41. The molecule has 4 nitrogen and oxygen atoms in total. The highest BCUT2D eigenvalue weighted by molar-refractivity contribution is 6.31. The number of rotatable bonds is 4. The van der Waals surface area contributed by atoms with Crippen LogP contribution >= 0.6 is 11.6 Å². The van der Waals surface area contributed by atoms with Crippen LogP contribution in [0.15, 0.2) is 48.7 Å². The summed E-state index contributed by atoms with van der Waals surface area (Å²) in [6.45, 7) is 2.22. The molecule has 1 fully saturated rings. The lowest BCUT2D eigenvalue weighted by molar-refractivity contribution is -0.135. The number of ether oxygens (including phenoxy) is 1. The smallest absolute Gasteiger partial charge is 0.223 e. The number of hydrogen-bond acceptors (Lipinski definition) is 2. The van der Waals surface area contributed by atoms with Crippen molar-refractivity contribution >= 4 is 28.4 Å². The van der Waals surface area contributed by atoms with Crippen LogP contribution in [0.4, 0.5) is 4.39 Å². The average Bonchev–Trinajstić information content (AvgIpc) is 3.10. The van der Waals surface area contributed by atoms with E-state index in [1.807, 2.05) is 18.3 Å². The summed E-state index contributed by atoms with van der Waals surface area (Å²) in [5, 5.41) is 1.51. The molecule has 1 N–H and O–H groups in total. The van der Waals surface area contributed by atoms with Crippen molar-refractivity contribution in [2.75, 3.05) is 26.3 Å². The van der Waals surface area contributed by atoms with Gasteiger partial charge in [0.25, 0.3) is 0 Å². The lowest BCUT2D eigenvalue weighted by Gasteiger charge is -2.28. The third-order valence-corrected chi connectivity index (χ3v) is 5.31. The number of amides is 1. The number of halogens is 2. The van der Waals surface area contributed by atoms with Gasteiger partial charge in [-0.2, -0.15) is 0 Å². The molecule has 1 aliphatic rings. The van der Waals surface area contributed by atoms with E-state index in [2.05, 4.69) is 4.98 Å². The maximum atomic E-state index is 14.6. The van der Waals surface area contributed by atoms with Crippen molar-refractivity contribution < 1.29 is 13.9 Å². The molecule has 0 bridgehead atoms. The molecule has 3 aromatic rings. The van der Waals surface area contributed by atoms with Crippen LogP contribution in [0.3, 0.4) is 0 Å². The normalized spacial score (nSPS) is 15.9. The zero-order valence-corrected chi connectivity index (χ0v) is 15.5. The third-order valence-electron chi connectivity index (χ3n) is 5.07. The second kappa shape index (κ2) is 7.71. The van der Waals surface area contributed by atoms with Gasteiger partial charge >= 0.3 is 0 Å². The number of H-pyrrole nitrogens is 1. The Morgan fingerprint density at radius 3 is 2.74 bits per heavy atom. The molecule has 6 heteroatoms. The molecule has 0 unspecified atom stereocenters. The van der Waals surface area contributed by atoms with E-state index in [0.717, 1.165) is 16.5 Å². The summed E-state index contributed by atoms with van der Waals surface area (Å²) in [5.74, 6) is -0.703. The Morgan fingerprint density at radius 1 is 1.19 bits per heavy atom. The van der Waals surface area contributed by atoms with E-state index in [1.54, 1.807) is 29.2 Å². The average molecular weight is 387 g/mol.